The van der Waals surface area contributed by atoms with Crippen molar-refractivity contribution < 1.29 is 24.2 Å². The first-order valence-electron chi connectivity index (χ1n) is 8.84. The summed E-state index contributed by atoms with van der Waals surface area (Å²) in [6.45, 7) is 12.1. The number of aliphatic hydroxyl groups excluding tert-OH is 1. The molecule has 1 saturated heterocycles. The van der Waals surface area contributed by atoms with E-state index in [2.05, 4.69) is 20.8 Å². The van der Waals surface area contributed by atoms with Gasteiger partial charge in [-0.1, -0.05) is 32.9 Å². The number of carbonyl (C=O) groups excluding carboxylic acids is 2. The number of morpholine rings is 1. The molecule has 6 nitrogen and oxygen atoms in total. The van der Waals surface area contributed by atoms with Crippen LogP contribution in [0.3, 0.4) is 0 Å². The Hall–Kier alpha value is -1.92. The predicted octanol–water partition coefficient (Wildman–Crippen LogP) is 2.42. The molecule has 1 aromatic carbocycles. The van der Waals surface area contributed by atoms with E-state index in [4.69, 9.17) is 9.47 Å². The number of carbonyl (C=O) groups is 2. The van der Waals surface area contributed by atoms with E-state index in [1.54, 1.807) is 20.8 Å². The Morgan fingerprint density at radius 3 is 2.27 bits per heavy atom. The molecule has 1 aliphatic rings. The lowest BCUT2D eigenvalue weighted by molar-refractivity contribution is -0.177. The molecular formula is C20H29NO5. The van der Waals surface area contributed by atoms with E-state index < -0.39 is 29.7 Å². The Balaban J connectivity index is 2.15. The van der Waals surface area contributed by atoms with Gasteiger partial charge in [0.2, 0.25) is 0 Å². The van der Waals surface area contributed by atoms with E-state index >= 15 is 0 Å². The minimum absolute atomic E-state index is 0.0169. The van der Waals surface area contributed by atoms with Crippen molar-refractivity contribution in [2.24, 2.45) is 0 Å². The van der Waals surface area contributed by atoms with E-state index in [0.29, 0.717) is 12.2 Å². The Morgan fingerprint density at radius 1 is 1.19 bits per heavy atom. The van der Waals surface area contributed by atoms with Gasteiger partial charge in [-0.25, -0.2) is 4.79 Å². The molecule has 0 saturated carbocycles. The second kappa shape index (κ2) is 7.37. The Morgan fingerprint density at radius 2 is 1.77 bits per heavy atom. The fourth-order valence-corrected chi connectivity index (χ4v) is 2.72. The van der Waals surface area contributed by atoms with Crippen molar-refractivity contribution in [3.8, 4) is 0 Å². The van der Waals surface area contributed by atoms with Crippen LogP contribution in [0.4, 0.5) is 5.69 Å². The van der Waals surface area contributed by atoms with Crippen molar-refractivity contribution >= 4 is 17.6 Å². The van der Waals surface area contributed by atoms with Crippen molar-refractivity contribution in [3.63, 3.8) is 0 Å². The molecule has 0 unspecified atom stereocenters. The van der Waals surface area contributed by atoms with Crippen LogP contribution in [0.15, 0.2) is 24.3 Å². The van der Waals surface area contributed by atoms with Crippen molar-refractivity contribution in [1.29, 1.82) is 0 Å². The number of hydrogen-bond acceptors (Lipinski definition) is 5. The van der Waals surface area contributed by atoms with Gasteiger partial charge in [-0.15, -0.1) is 0 Å². The van der Waals surface area contributed by atoms with Crippen LogP contribution in [-0.4, -0.2) is 47.9 Å². The lowest BCUT2D eigenvalue weighted by Crippen LogP contribution is -2.55. The highest BCUT2D eigenvalue weighted by molar-refractivity contribution is 6.00. The fraction of sp³-hybridized carbons (Fsp3) is 0.600. The summed E-state index contributed by atoms with van der Waals surface area (Å²) in [6, 6.07) is 7.72. The second-order valence-corrected chi connectivity index (χ2v) is 8.56. The number of esters is 1. The number of ether oxygens (including phenoxy) is 2. The summed E-state index contributed by atoms with van der Waals surface area (Å²) < 4.78 is 10.5. The first kappa shape index (κ1) is 20.4. The number of benzene rings is 1. The fourth-order valence-electron chi connectivity index (χ4n) is 2.72. The van der Waals surface area contributed by atoms with Crippen LogP contribution in [0.5, 0.6) is 0 Å². The highest BCUT2D eigenvalue weighted by atomic mass is 16.6. The van der Waals surface area contributed by atoms with Crippen LogP contribution in [0.1, 0.15) is 47.1 Å². The molecule has 1 heterocycles. The predicted molar refractivity (Wildman–Crippen MR) is 99.1 cm³/mol. The third kappa shape index (κ3) is 4.83. The summed E-state index contributed by atoms with van der Waals surface area (Å²) in [4.78, 5) is 26.4. The number of amides is 1. The molecule has 1 amide bonds. The molecule has 1 aliphatic heterocycles. The molecule has 0 radical (unpaired) electrons. The molecule has 0 aliphatic carbocycles. The molecule has 1 aromatic rings. The van der Waals surface area contributed by atoms with Gasteiger partial charge < -0.3 is 19.5 Å². The highest BCUT2D eigenvalue weighted by Crippen LogP contribution is 2.27. The lowest BCUT2D eigenvalue weighted by atomic mass is 9.87. The van der Waals surface area contributed by atoms with Crippen LogP contribution < -0.4 is 4.90 Å². The minimum atomic E-state index is -1.65. The lowest BCUT2D eigenvalue weighted by Gasteiger charge is -2.34. The number of nitrogens with zero attached hydrogens (tertiary/aromatic N) is 1. The van der Waals surface area contributed by atoms with E-state index in [1.807, 2.05) is 24.3 Å². The summed E-state index contributed by atoms with van der Waals surface area (Å²) in [5, 5.41) is 10.2. The first-order chi connectivity index (χ1) is 11.9. The largest absolute Gasteiger partial charge is 0.458 e. The molecule has 2 rings (SSSR count). The molecule has 0 bridgehead atoms. The Labute approximate surface area is 155 Å². The molecule has 144 valence electrons. The van der Waals surface area contributed by atoms with Crippen molar-refractivity contribution in [1.82, 2.24) is 0 Å². The summed E-state index contributed by atoms with van der Waals surface area (Å²) >= 11 is 0. The third-order valence-corrected chi connectivity index (χ3v) is 4.10. The van der Waals surface area contributed by atoms with E-state index in [1.165, 1.54) is 4.90 Å². The van der Waals surface area contributed by atoms with E-state index in [-0.39, 0.29) is 12.0 Å². The molecule has 6 heteroatoms. The maximum Gasteiger partial charge on any atom is 0.338 e. The van der Waals surface area contributed by atoms with Crippen molar-refractivity contribution in [2.45, 2.75) is 64.8 Å². The normalized spacial score (nSPS) is 20.0. The van der Waals surface area contributed by atoms with Gasteiger partial charge in [-0.3, -0.25) is 4.79 Å². The molecule has 2 atom stereocenters. The van der Waals surface area contributed by atoms with Gasteiger partial charge in [0, 0.05) is 12.2 Å². The van der Waals surface area contributed by atoms with Crippen LogP contribution >= 0.6 is 0 Å². The van der Waals surface area contributed by atoms with Crippen LogP contribution in [0, 0.1) is 0 Å². The number of anilines is 1. The average molecular weight is 363 g/mol. The zero-order valence-electron chi connectivity index (χ0n) is 16.4. The second-order valence-electron chi connectivity index (χ2n) is 8.56. The van der Waals surface area contributed by atoms with Gasteiger partial charge in [0.25, 0.3) is 5.91 Å². The summed E-state index contributed by atoms with van der Waals surface area (Å²) in [7, 11) is 0. The zero-order valence-corrected chi connectivity index (χ0v) is 16.4. The van der Waals surface area contributed by atoms with E-state index in [9.17, 15) is 14.7 Å². The molecular weight excluding hydrogens is 334 g/mol. The maximum absolute atomic E-state index is 12.8. The van der Waals surface area contributed by atoms with Gasteiger partial charge in [-0.05, 0) is 43.9 Å². The van der Waals surface area contributed by atoms with Gasteiger partial charge in [-0.2, -0.15) is 0 Å². The molecule has 0 spiro atoms. The van der Waals surface area contributed by atoms with Gasteiger partial charge in [0.05, 0.1) is 6.61 Å². The third-order valence-electron chi connectivity index (χ3n) is 4.10. The van der Waals surface area contributed by atoms with Crippen LogP contribution in [0.25, 0.3) is 0 Å². The SMILES string of the molecule is CC(C)(C)OC(=O)[C@H](O)[C@H]1OCCN(c2ccc(C(C)(C)C)cc2)C1=O. The number of aliphatic hydroxyl groups is 1. The minimum Gasteiger partial charge on any atom is -0.458 e. The smallest absolute Gasteiger partial charge is 0.338 e. The maximum atomic E-state index is 12.8. The number of hydrogen-bond donors (Lipinski definition) is 1. The Kier molecular flexibility index (Phi) is 5.78. The van der Waals surface area contributed by atoms with Crippen LogP contribution in [0.2, 0.25) is 0 Å². The first-order valence-corrected chi connectivity index (χ1v) is 8.84. The summed E-state index contributed by atoms with van der Waals surface area (Å²) in [6.07, 6.45) is -2.92. The topological polar surface area (TPSA) is 76.1 Å². The molecule has 26 heavy (non-hydrogen) atoms. The summed E-state index contributed by atoms with van der Waals surface area (Å²) in [5.74, 6) is -1.31. The van der Waals surface area contributed by atoms with Gasteiger partial charge in [0.1, 0.15) is 5.60 Å². The highest BCUT2D eigenvalue weighted by Gasteiger charge is 2.41. The zero-order chi connectivity index (χ0) is 19.7. The summed E-state index contributed by atoms with van der Waals surface area (Å²) in [5.41, 5.74) is 1.14. The van der Waals surface area contributed by atoms with Gasteiger partial charge >= 0.3 is 5.97 Å². The number of rotatable bonds is 3. The monoisotopic (exact) mass is 363 g/mol. The molecule has 0 aromatic heterocycles. The quantitative estimate of drug-likeness (QED) is 0.835. The van der Waals surface area contributed by atoms with Crippen molar-refractivity contribution in [3.05, 3.63) is 29.8 Å². The average Bonchev–Trinajstić information content (AvgIpc) is 2.52. The van der Waals surface area contributed by atoms with Crippen LogP contribution in [-0.2, 0) is 24.5 Å². The van der Waals surface area contributed by atoms with Crippen molar-refractivity contribution in [2.75, 3.05) is 18.1 Å². The van der Waals surface area contributed by atoms with E-state index in [0.717, 1.165) is 5.56 Å². The van der Waals surface area contributed by atoms with Gasteiger partial charge in [0.15, 0.2) is 12.2 Å². The Bertz CT molecular complexity index is 654. The molecule has 1 N–H and O–H groups in total. The standard InChI is InChI=1S/C20H29NO5/c1-19(2,3)13-7-9-14(10-8-13)21-11-12-25-16(17(21)23)15(22)18(24)26-20(4,5)6/h7-10,15-16,22H,11-12H2,1-6H3/t15-,16-/m1/s1. The molecule has 1 fully saturated rings.